The van der Waals surface area contributed by atoms with Gasteiger partial charge in [-0.2, -0.15) is 0 Å². The number of nitrogens with one attached hydrogen (secondary N) is 1. The average Bonchev–Trinajstić information content (AvgIpc) is 2.83. The maximum Gasteiger partial charge on any atom is 0.220 e. The highest BCUT2D eigenvalue weighted by atomic mass is 19.1. The number of amides is 1. The Kier molecular flexibility index (Phi) is 5.06. The van der Waals surface area contributed by atoms with Gasteiger partial charge in [0.05, 0.1) is 6.10 Å². The summed E-state index contributed by atoms with van der Waals surface area (Å²) < 4.78 is 26.3. The summed E-state index contributed by atoms with van der Waals surface area (Å²) in [7, 11) is 0. The molecule has 0 saturated heterocycles. The third-order valence-corrected chi connectivity index (χ3v) is 3.81. The lowest BCUT2D eigenvalue weighted by molar-refractivity contribution is -0.121. The van der Waals surface area contributed by atoms with Gasteiger partial charge in [0.1, 0.15) is 11.6 Å². The molecule has 0 aromatic heterocycles. The van der Waals surface area contributed by atoms with Crippen LogP contribution in [0.4, 0.5) is 8.78 Å². The quantitative estimate of drug-likeness (QED) is 0.870. The molecule has 1 saturated carbocycles. The Morgan fingerprint density at radius 3 is 2.85 bits per heavy atom. The minimum Gasteiger partial charge on any atom is -0.393 e. The van der Waals surface area contributed by atoms with Gasteiger partial charge in [0.2, 0.25) is 5.91 Å². The van der Waals surface area contributed by atoms with Crippen molar-refractivity contribution >= 4 is 5.91 Å². The first-order valence-electron chi connectivity index (χ1n) is 6.95. The van der Waals surface area contributed by atoms with Crippen LogP contribution in [0.15, 0.2) is 18.2 Å². The van der Waals surface area contributed by atoms with E-state index in [1.54, 1.807) is 0 Å². The molecule has 1 fully saturated rings. The molecule has 0 radical (unpaired) electrons. The van der Waals surface area contributed by atoms with Crippen LogP contribution in [0, 0.1) is 17.6 Å². The fourth-order valence-electron chi connectivity index (χ4n) is 2.57. The van der Waals surface area contributed by atoms with Gasteiger partial charge in [-0.25, -0.2) is 8.78 Å². The number of hydrogen-bond acceptors (Lipinski definition) is 2. The molecule has 1 aliphatic rings. The molecular formula is C15H19F2NO2. The molecule has 2 atom stereocenters. The van der Waals surface area contributed by atoms with Gasteiger partial charge in [0, 0.05) is 18.9 Å². The summed E-state index contributed by atoms with van der Waals surface area (Å²) in [6.45, 7) is 0.450. The maximum atomic E-state index is 13.4. The number of benzene rings is 1. The number of aliphatic hydroxyl groups is 1. The molecular weight excluding hydrogens is 264 g/mol. The van der Waals surface area contributed by atoms with E-state index in [2.05, 4.69) is 5.32 Å². The SMILES string of the molecule is O=C(CCc1cc(F)ccc1F)NCC1CCCC1O. The van der Waals surface area contributed by atoms with Gasteiger partial charge in [-0.3, -0.25) is 4.79 Å². The van der Waals surface area contributed by atoms with Gasteiger partial charge in [0.15, 0.2) is 0 Å². The van der Waals surface area contributed by atoms with Crippen molar-refractivity contribution in [2.45, 2.75) is 38.2 Å². The van der Waals surface area contributed by atoms with Crippen LogP contribution in [0.1, 0.15) is 31.2 Å². The van der Waals surface area contributed by atoms with Crippen LogP contribution in [0.2, 0.25) is 0 Å². The van der Waals surface area contributed by atoms with E-state index in [-0.39, 0.29) is 36.3 Å². The zero-order chi connectivity index (χ0) is 14.5. The largest absolute Gasteiger partial charge is 0.393 e. The standard InChI is InChI=1S/C15H19F2NO2/c16-12-5-6-13(17)10(8-12)4-7-15(20)18-9-11-2-1-3-14(11)19/h5-6,8,11,14,19H,1-4,7,9H2,(H,18,20). The van der Waals surface area contributed by atoms with E-state index in [1.807, 2.05) is 0 Å². The smallest absolute Gasteiger partial charge is 0.220 e. The molecule has 0 heterocycles. The number of aliphatic hydroxyl groups excluding tert-OH is 1. The van der Waals surface area contributed by atoms with Crippen LogP contribution in [0.3, 0.4) is 0 Å². The van der Waals surface area contributed by atoms with Gasteiger partial charge < -0.3 is 10.4 Å². The molecule has 110 valence electrons. The molecule has 5 heteroatoms. The number of rotatable bonds is 5. The Balaban J connectivity index is 1.76. The van der Waals surface area contributed by atoms with Gasteiger partial charge in [-0.15, -0.1) is 0 Å². The number of hydrogen-bond donors (Lipinski definition) is 2. The topological polar surface area (TPSA) is 49.3 Å². The van der Waals surface area contributed by atoms with Crippen molar-refractivity contribution in [1.29, 1.82) is 0 Å². The van der Waals surface area contributed by atoms with Gasteiger partial charge >= 0.3 is 0 Å². The fourth-order valence-corrected chi connectivity index (χ4v) is 2.57. The number of carbonyl (C=O) groups is 1. The monoisotopic (exact) mass is 283 g/mol. The van der Waals surface area contributed by atoms with Crippen LogP contribution in [0.25, 0.3) is 0 Å². The molecule has 1 aromatic carbocycles. The number of aryl methyl sites for hydroxylation is 1. The molecule has 0 spiro atoms. The molecule has 2 unspecified atom stereocenters. The van der Waals surface area contributed by atoms with Crippen LogP contribution in [-0.2, 0) is 11.2 Å². The van der Waals surface area contributed by atoms with Crippen molar-refractivity contribution in [3.05, 3.63) is 35.4 Å². The average molecular weight is 283 g/mol. The van der Waals surface area contributed by atoms with Crippen molar-refractivity contribution in [2.75, 3.05) is 6.54 Å². The van der Waals surface area contributed by atoms with Gasteiger partial charge in [0.25, 0.3) is 0 Å². The van der Waals surface area contributed by atoms with Crippen LogP contribution in [-0.4, -0.2) is 23.7 Å². The summed E-state index contributed by atoms with van der Waals surface area (Å²) in [6.07, 6.45) is 2.63. The predicted octanol–water partition coefficient (Wildman–Crippen LogP) is 2.17. The Labute approximate surface area is 117 Å². The minimum atomic E-state index is -0.504. The van der Waals surface area contributed by atoms with Gasteiger partial charge in [-0.1, -0.05) is 6.42 Å². The van der Waals surface area contributed by atoms with Gasteiger partial charge in [-0.05, 0) is 43.0 Å². The summed E-state index contributed by atoms with van der Waals surface area (Å²) in [6, 6.07) is 3.24. The van der Waals surface area contributed by atoms with E-state index in [1.165, 1.54) is 0 Å². The van der Waals surface area contributed by atoms with Crippen LogP contribution in [0.5, 0.6) is 0 Å². The lowest BCUT2D eigenvalue weighted by atomic mass is 10.1. The first-order chi connectivity index (χ1) is 9.56. The van der Waals surface area contributed by atoms with Crippen molar-refractivity contribution in [3.8, 4) is 0 Å². The number of halogens is 2. The van der Waals surface area contributed by atoms with E-state index >= 15 is 0 Å². The lowest BCUT2D eigenvalue weighted by Crippen LogP contribution is -2.32. The molecule has 1 aliphatic carbocycles. The van der Waals surface area contributed by atoms with Crippen LogP contribution >= 0.6 is 0 Å². The molecule has 0 bridgehead atoms. The maximum absolute atomic E-state index is 13.4. The Bertz CT molecular complexity index is 479. The van der Waals surface area contributed by atoms with E-state index in [9.17, 15) is 18.7 Å². The zero-order valence-corrected chi connectivity index (χ0v) is 11.2. The number of carbonyl (C=O) groups excluding carboxylic acids is 1. The van der Waals surface area contributed by atoms with E-state index < -0.39 is 11.6 Å². The minimum absolute atomic E-state index is 0.114. The van der Waals surface area contributed by atoms with E-state index in [4.69, 9.17) is 0 Å². The fraction of sp³-hybridized carbons (Fsp3) is 0.533. The van der Waals surface area contributed by atoms with Crippen molar-refractivity contribution in [1.82, 2.24) is 5.32 Å². The summed E-state index contributed by atoms with van der Waals surface area (Å²) in [5.41, 5.74) is 0.209. The Hall–Kier alpha value is -1.49. The Morgan fingerprint density at radius 2 is 2.15 bits per heavy atom. The summed E-state index contributed by atoms with van der Waals surface area (Å²) in [4.78, 5) is 11.7. The van der Waals surface area contributed by atoms with E-state index in [0.29, 0.717) is 6.54 Å². The molecule has 3 nitrogen and oxygen atoms in total. The summed E-state index contributed by atoms with van der Waals surface area (Å²) >= 11 is 0. The second-order valence-corrected chi connectivity index (χ2v) is 5.30. The Morgan fingerprint density at radius 1 is 1.35 bits per heavy atom. The normalized spacial score (nSPS) is 21.9. The third-order valence-electron chi connectivity index (χ3n) is 3.81. The molecule has 20 heavy (non-hydrogen) atoms. The highest BCUT2D eigenvalue weighted by molar-refractivity contribution is 5.76. The zero-order valence-electron chi connectivity index (χ0n) is 11.2. The molecule has 2 N–H and O–H groups in total. The highest BCUT2D eigenvalue weighted by Gasteiger charge is 2.25. The summed E-state index contributed by atoms with van der Waals surface area (Å²) in [5, 5.41) is 12.4. The highest BCUT2D eigenvalue weighted by Crippen LogP contribution is 2.24. The molecule has 2 rings (SSSR count). The second-order valence-electron chi connectivity index (χ2n) is 5.30. The van der Waals surface area contributed by atoms with Crippen molar-refractivity contribution in [2.24, 2.45) is 5.92 Å². The van der Waals surface area contributed by atoms with Crippen LogP contribution < -0.4 is 5.32 Å². The van der Waals surface area contributed by atoms with Crippen molar-refractivity contribution in [3.63, 3.8) is 0 Å². The summed E-state index contributed by atoms with van der Waals surface area (Å²) in [5.74, 6) is -1.08. The molecule has 1 aromatic rings. The first kappa shape index (κ1) is 14.9. The van der Waals surface area contributed by atoms with Crippen molar-refractivity contribution < 1.29 is 18.7 Å². The second kappa shape index (κ2) is 6.79. The van der Waals surface area contributed by atoms with E-state index in [0.717, 1.165) is 37.5 Å². The first-order valence-corrected chi connectivity index (χ1v) is 6.95. The third kappa shape index (κ3) is 4.00. The predicted molar refractivity (Wildman–Crippen MR) is 71.0 cm³/mol. The molecule has 0 aliphatic heterocycles. The lowest BCUT2D eigenvalue weighted by Gasteiger charge is -2.15. The molecule has 1 amide bonds.